The highest BCUT2D eigenvalue weighted by atomic mass is 16.5. The average molecular weight is 272 g/mol. The van der Waals surface area contributed by atoms with Crippen molar-refractivity contribution in [2.24, 2.45) is 11.8 Å². The van der Waals surface area contributed by atoms with Crippen molar-refractivity contribution in [2.75, 3.05) is 32.8 Å². The Morgan fingerprint density at radius 2 is 2.21 bits per heavy atom. The van der Waals surface area contributed by atoms with Crippen molar-refractivity contribution in [1.29, 1.82) is 0 Å². The third-order valence-corrected chi connectivity index (χ3v) is 3.02. The van der Waals surface area contributed by atoms with Crippen LogP contribution in [0.4, 0.5) is 4.79 Å². The first-order chi connectivity index (χ1) is 9.00. The van der Waals surface area contributed by atoms with Gasteiger partial charge in [-0.3, -0.25) is 4.79 Å². The minimum atomic E-state index is -0.822. The van der Waals surface area contributed by atoms with Crippen LogP contribution < -0.4 is 5.32 Å². The van der Waals surface area contributed by atoms with E-state index in [1.165, 1.54) is 0 Å². The van der Waals surface area contributed by atoms with Crippen LogP contribution in [0.15, 0.2) is 0 Å². The number of hydrogen-bond acceptors (Lipinski definition) is 3. The Labute approximate surface area is 114 Å². The number of hydrogen-bond donors (Lipinski definition) is 2. The fraction of sp³-hybridized carbons (Fsp3) is 0.846. The summed E-state index contributed by atoms with van der Waals surface area (Å²) in [6.07, 6.45) is 1.31. The van der Waals surface area contributed by atoms with E-state index in [1.54, 1.807) is 4.90 Å². The number of amides is 2. The lowest BCUT2D eigenvalue weighted by atomic mass is 10.1. The minimum absolute atomic E-state index is 0.174. The van der Waals surface area contributed by atoms with Gasteiger partial charge in [-0.2, -0.15) is 0 Å². The molecule has 6 heteroatoms. The fourth-order valence-corrected chi connectivity index (χ4v) is 1.95. The summed E-state index contributed by atoms with van der Waals surface area (Å²) in [4.78, 5) is 24.1. The van der Waals surface area contributed by atoms with Gasteiger partial charge < -0.3 is 20.1 Å². The Balaban J connectivity index is 2.07. The highest BCUT2D eigenvalue weighted by molar-refractivity contribution is 5.77. The van der Waals surface area contributed by atoms with Gasteiger partial charge in [-0.25, -0.2) is 4.79 Å². The number of carboxylic acids is 1. The molecule has 1 atom stereocenters. The summed E-state index contributed by atoms with van der Waals surface area (Å²) in [5.41, 5.74) is 0. The van der Waals surface area contributed by atoms with Crippen molar-refractivity contribution < 1.29 is 19.4 Å². The van der Waals surface area contributed by atoms with Gasteiger partial charge in [-0.1, -0.05) is 13.8 Å². The Hall–Kier alpha value is -1.30. The maximum absolute atomic E-state index is 11.7. The maximum Gasteiger partial charge on any atom is 0.317 e. The molecule has 1 unspecified atom stereocenters. The van der Waals surface area contributed by atoms with E-state index in [9.17, 15) is 9.59 Å². The van der Waals surface area contributed by atoms with Crippen LogP contribution in [-0.2, 0) is 9.53 Å². The van der Waals surface area contributed by atoms with E-state index in [4.69, 9.17) is 9.84 Å². The molecule has 0 aromatic heterocycles. The molecule has 0 saturated carbocycles. The summed E-state index contributed by atoms with van der Waals surface area (Å²) in [6, 6.07) is -0.174. The van der Waals surface area contributed by atoms with Gasteiger partial charge in [0.2, 0.25) is 0 Å². The first-order valence-corrected chi connectivity index (χ1v) is 6.84. The van der Waals surface area contributed by atoms with Gasteiger partial charge in [0.15, 0.2) is 0 Å². The van der Waals surface area contributed by atoms with E-state index < -0.39 is 11.9 Å². The predicted octanol–water partition coefficient (Wildman–Crippen LogP) is 1.17. The molecule has 0 aliphatic carbocycles. The molecule has 1 saturated heterocycles. The minimum Gasteiger partial charge on any atom is -0.481 e. The second-order valence-corrected chi connectivity index (χ2v) is 5.32. The van der Waals surface area contributed by atoms with Crippen molar-refractivity contribution in [3.8, 4) is 0 Å². The van der Waals surface area contributed by atoms with E-state index in [0.29, 0.717) is 38.6 Å². The molecule has 2 N–H and O–H groups in total. The number of likely N-dealkylation sites (tertiary alicyclic amines) is 1. The second kappa shape index (κ2) is 7.99. The number of rotatable bonds is 7. The molecule has 0 aromatic rings. The van der Waals surface area contributed by atoms with Crippen LogP contribution in [0.5, 0.6) is 0 Å². The largest absolute Gasteiger partial charge is 0.481 e. The van der Waals surface area contributed by atoms with Crippen molar-refractivity contribution in [2.45, 2.75) is 26.7 Å². The first kappa shape index (κ1) is 15.8. The van der Waals surface area contributed by atoms with Crippen molar-refractivity contribution in [1.82, 2.24) is 10.2 Å². The highest BCUT2D eigenvalue weighted by Crippen LogP contribution is 2.15. The SMILES string of the molecule is CC(C)COCCCNC(=O)N1CCC(C(=O)O)C1. The lowest BCUT2D eigenvalue weighted by molar-refractivity contribution is -0.141. The molecule has 1 aliphatic rings. The van der Waals surface area contributed by atoms with Crippen LogP contribution in [0.1, 0.15) is 26.7 Å². The molecule has 1 heterocycles. The summed E-state index contributed by atoms with van der Waals surface area (Å²) >= 11 is 0. The molecular formula is C13H24N2O4. The van der Waals surface area contributed by atoms with E-state index in [2.05, 4.69) is 19.2 Å². The number of carbonyl (C=O) groups excluding carboxylic acids is 1. The highest BCUT2D eigenvalue weighted by Gasteiger charge is 2.30. The summed E-state index contributed by atoms with van der Waals surface area (Å²) in [6.45, 7) is 6.95. The average Bonchev–Trinajstić information content (AvgIpc) is 2.82. The molecule has 0 spiro atoms. The Morgan fingerprint density at radius 3 is 2.79 bits per heavy atom. The maximum atomic E-state index is 11.7. The van der Waals surface area contributed by atoms with Gasteiger partial charge in [-0.15, -0.1) is 0 Å². The van der Waals surface area contributed by atoms with Crippen molar-refractivity contribution in [3.63, 3.8) is 0 Å². The molecule has 2 amide bonds. The lowest BCUT2D eigenvalue weighted by Crippen LogP contribution is -2.39. The van der Waals surface area contributed by atoms with Crippen molar-refractivity contribution in [3.05, 3.63) is 0 Å². The Bertz CT molecular complexity index is 307. The molecule has 19 heavy (non-hydrogen) atoms. The van der Waals surface area contributed by atoms with Gasteiger partial charge in [0.1, 0.15) is 0 Å². The first-order valence-electron chi connectivity index (χ1n) is 6.84. The summed E-state index contributed by atoms with van der Waals surface area (Å²) in [5.74, 6) is -0.718. The quantitative estimate of drug-likeness (QED) is 0.682. The zero-order chi connectivity index (χ0) is 14.3. The number of nitrogens with zero attached hydrogens (tertiary/aromatic N) is 1. The topological polar surface area (TPSA) is 78.9 Å². The number of aliphatic carboxylic acids is 1. The van der Waals surface area contributed by atoms with Crippen LogP contribution in [0.25, 0.3) is 0 Å². The molecule has 0 radical (unpaired) electrons. The normalized spacial score (nSPS) is 18.9. The Kier molecular flexibility index (Phi) is 6.62. The number of urea groups is 1. The van der Waals surface area contributed by atoms with Crippen LogP contribution in [-0.4, -0.2) is 54.9 Å². The number of nitrogens with one attached hydrogen (secondary N) is 1. The monoisotopic (exact) mass is 272 g/mol. The third kappa shape index (κ3) is 5.92. The smallest absolute Gasteiger partial charge is 0.317 e. The molecular weight excluding hydrogens is 248 g/mol. The van der Waals surface area contributed by atoms with Gasteiger partial charge in [0, 0.05) is 32.8 Å². The summed E-state index contributed by atoms with van der Waals surface area (Å²) in [5, 5.41) is 11.6. The van der Waals surface area contributed by atoms with Crippen LogP contribution >= 0.6 is 0 Å². The predicted molar refractivity (Wildman–Crippen MR) is 71.0 cm³/mol. The van der Waals surface area contributed by atoms with Gasteiger partial charge in [0.25, 0.3) is 0 Å². The van der Waals surface area contributed by atoms with E-state index in [-0.39, 0.29) is 6.03 Å². The standard InChI is InChI=1S/C13H24N2O4/c1-10(2)9-19-7-3-5-14-13(18)15-6-4-11(8-15)12(16)17/h10-11H,3-9H2,1-2H3,(H,14,18)(H,16,17). The summed E-state index contributed by atoms with van der Waals surface area (Å²) in [7, 11) is 0. The molecule has 0 bridgehead atoms. The number of ether oxygens (including phenoxy) is 1. The van der Waals surface area contributed by atoms with Gasteiger partial charge in [0.05, 0.1) is 5.92 Å². The molecule has 110 valence electrons. The van der Waals surface area contributed by atoms with Crippen molar-refractivity contribution >= 4 is 12.0 Å². The second-order valence-electron chi connectivity index (χ2n) is 5.32. The van der Waals surface area contributed by atoms with Crippen LogP contribution in [0.3, 0.4) is 0 Å². The molecule has 1 rings (SSSR count). The van der Waals surface area contributed by atoms with E-state index in [0.717, 1.165) is 13.0 Å². The van der Waals surface area contributed by atoms with Crippen LogP contribution in [0, 0.1) is 11.8 Å². The van der Waals surface area contributed by atoms with Gasteiger partial charge >= 0.3 is 12.0 Å². The van der Waals surface area contributed by atoms with Crippen LogP contribution in [0.2, 0.25) is 0 Å². The third-order valence-electron chi connectivity index (χ3n) is 3.02. The van der Waals surface area contributed by atoms with Gasteiger partial charge in [-0.05, 0) is 18.8 Å². The molecule has 1 fully saturated rings. The molecule has 6 nitrogen and oxygen atoms in total. The fourth-order valence-electron chi connectivity index (χ4n) is 1.95. The van der Waals surface area contributed by atoms with E-state index >= 15 is 0 Å². The Morgan fingerprint density at radius 1 is 1.47 bits per heavy atom. The summed E-state index contributed by atoms with van der Waals surface area (Å²) < 4.78 is 5.41. The number of carboxylic acid groups (broad SMARTS) is 1. The molecule has 0 aromatic carbocycles. The number of carbonyl (C=O) groups is 2. The lowest BCUT2D eigenvalue weighted by Gasteiger charge is -2.16. The zero-order valence-corrected chi connectivity index (χ0v) is 11.7. The van der Waals surface area contributed by atoms with E-state index in [1.807, 2.05) is 0 Å². The molecule has 1 aliphatic heterocycles. The zero-order valence-electron chi connectivity index (χ0n) is 11.7.